The predicted molar refractivity (Wildman–Crippen MR) is 209 cm³/mol. The van der Waals surface area contributed by atoms with Crippen LogP contribution in [-0.2, 0) is 16.0 Å². The molecule has 4 aromatic rings. The fourth-order valence-electron chi connectivity index (χ4n) is 8.82. The molecule has 13 heteroatoms. The Morgan fingerprint density at radius 2 is 1.63 bits per heavy atom. The first-order chi connectivity index (χ1) is 26.3. The molecule has 2 N–H and O–H groups in total. The average Bonchev–Trinajstić information content (AvgIpc) is 3.86. The summed E-state index contributed by atoms with van der Waals surface area (Å²) < 4.78 is 2.13. The molecule has 1 aliphatic carbocycles. The Hall–Kier alpha value is -4.88. The molecular weight excluding hydrogens is 681 g/mol. The Labute approximate surface area is 317 Å². The predicted octanol–water partition coefficient (Wildman–Crippen LogP) is 4.74. The van der Waals surface area contributed by atoms with Gasteiger partial charge in [-0.3, -0.25) is 24.6 Å². The van der Waals surface area contributed by atoms with Gasteiger partial charge in [0.1, 0.15) is 17.2 Å². The minimum Gasteiger partial charge on any atom is -0.368 e. The summed E-state index contributed by atoms with van der Waals surface area (Å²) >= 11 is 0. The van der Waals surface area contributed by atoms with Crippen molar-refractivity contribution in [2.24, 2.45) is 0 Å². The number of imide groups is 1. The quantitative estimate of drug-likeness (QED) is 0.221. The third-order valence-corrected chi connectivity index (χ3v) is 12.0. The van der Waals surface area contributed by atoms with E-state index < -0.39 is 0 Å². The molecule has 1 atom stereocenters. The van der Waals surface area contributed by atoms with Gasteiger partial charge in [-0.2, -0.15) is 4.98 Å². The molecule has 3 amide bonds. The number of rotatable bonds is 10. The van der Waals surface area contributed by atoms with E-state index in [2.05, 4.69) is 65.2 Å². The number of nitrogens with one attached hydrogen (secondary N) is 2. The van der Waals surface area contributed by atoms with E-state index in [9.17, 15) is 14.4 Å². The molecule has 1 saturated carbocycles. The van der Waals surface area contributed by atoms with Crippen LogP contribution in [0, 0.1) is 0 Å². The van der Waals surface area contributed by atoms with Crippen molar-refractivity contribution in [2.75, 3.05) is 70.1 Å². The van der Waals surface area contributed by atoms with Gasteiger partial charge in [0.05, 0.1) is 17.8 Å². The van der Waals surface area contributed by atoms with E-state index in [0.717, 1.165) is 100 Å². The second-order valence-electron chi connectivity index (χ2n) is 15.6. The normalized spacial score (nSPS) is 20.8. The van der Waals surface area contributed by atoms with Crippen molar-refractivity contribution in [1.82, 2.24) is 39.5 Å². The number of likely N-dealkylation sites (tertiary alicyclic amines) is 1. The van der Waals surface area contributed by atoms with Crippen molar-refractivity contribution < 1.29 is 14.4 Å². The smallest absolute Gasteiger partial charge is 0.270 e. The van der Waals surface area contributed by atoms with Gasteiger partial charge < -0.3 is 24.6 Å². The lowest BCUT2D eigenvalue weighted by molar-refractivity contribution is -0.134. The van der Waals surface area contributed by atoms with Crippen LogP contribution >= 0.6 is 0 Å². The summed E-state index contributed by atoms with van der Waals surface area (Å²) in [5, 5.41) is 6.64. The largest absolute Gasteiger partial charge is 0.368 e. The van der Waals surface area contributed by atoms with Gasteiger partial charge >= 0.3 is 0 Å². The summed E-state index contributed by atoms with van der Waals surface area (Å²) in [6.07, 6.45) is 12.6. The first-order valence-electron chi connectivity index (χ1n) is 19.8. The Bertz CT molecular complexity index is 1960. The number of benzene rings is 1. The van der Waals surface area contributed by atoms with Crippen LogP contribution in [0.4, 0.5) is 17.5 Å². The molecule has 0 unspecified atom stereocenters. The summed E-state index contributed by atoms with van der Waals surface area (Å²) in [7, 11) is 3.58. The van der Waals surface area contributed by atoms with Gasteiger partial charge in [-0.15, -0.1) is 0 Å². The van der Waals surface area contributed by atoms with Crippen molar-refractivity contribution in [3.05, 3.63) is 71.7 Å². The van der Waals surface area contributed by atoms with E-state index in [0.29, 0.717) is 36.3 Å². The monoisotopic (exact) mass is 732 g/mol. The number of nitrogens with zero attached hydrogens (tertiary/aromatic N) is 8. The molecule has 13 nitrogen and oxygen atoms in total. The summed E-state index contributed by atoms with van der Waals surface area (Å²) in [6, 6.07) is 15.3. The lowest BCUT2D eigenvalue weighted by atomic mass is 9.90. The zero-order valence-corrected chi connectivity index (χ0v) is 31.5. The van der Waals surface area contributed by atoms with Crippen LogP contribution in [0.25, 0.3) is 11.0 Å². The first-order valence-corrected chi connectivity index (χ1v) is 19.8. The van der Waals surface area contributed by atoms with Gasteiger partial charge in [0.25, 0.3) is 5.91 Å². The van der Waals surface area contributed by atoms with Crippen LogP contribution in [0.5, 0.6) is 0 Å². The molecule has 0 bridgehead atoms. The van der Waals surface area contributed by atoms with Crippen LogP contribution in [-0.4, -0.2) is 118 Å². The Balaban J connectivity index is 0.799. The maximum atomic E-state index is 13.1. The Morgan fingerprint density at radius 3 is 2.31 bits per heavy atom. The lowest BCUT2D eigenvalue weighted by Gasteiger charge is -2.43. The topological polar surface area (TPSA) is 132 Å². The van der Waals surface area contributed by atoms with E-state index in [4.69, 9.17) is 9.97 Å². The van der Waals surface area contributed by atoms with Crippen molar-refractivity contribution in [1.29, 1.82) is 0 Å². The highest BCUT2D eigenvalue weighted by Gasteiger charge is 2.30. The second kappa shape index (κ2) is 15.8. The zero-order valence-electron chi connectivity index (χ0n) is 31.5. The molecule has 54 heavy (non-hydrogen) atoms. The number of piperazine rings is 1. The molecule has 284 valence electrons. The van der Waals surface area contributed by atoms with E-state index in [1.165, 1.54) is 18.4 Å². The van der Waals surface area contributed by atoms with E-state index in [-0.39, 0.29) is 29.7 Å². The Morgan fingerprint density at radius 1 is 0.870 bits per heavy atom. The van der Waals surface area contributed by atoms with E-state index >= 15 is 0 Å². The third-order valence-electron chi connectivity index (χ3n) is 12.0. The molecule has 4 aliphatic rings. The number of pyridine rings is 1. The summed E-state index contributed by atoms with van der Waals surface area (Å²) in [6.45, 7) is 7.36. The summed E-state index contributed by atoms with van der Waals surface area (Å²) in [5.41, 5.74) is 4.87. The molecule has 3 saturated heterocycles. The number of anilines is 3. The Kier molecular flexibility index (Phi) is 10.6. The molecule has 0 spiro atoms. The molecule has 8 rings (SSSR count). The highest BCUT2D eigenvalue weighted by molar-refractivity contribution is 6.01. The first kappa shape index (κ1) is 36.1. The number of fused-ring (bicyclic) bond motifs is 1. The number of hydrogen-bond donors (Lipinski definition) is 2. The van der Waals surface area contributed by atoms with Gasteiger partial charge in [0.2, 0.25) is 17.8 Å². The summed E-state index contributed by atoms with van der Waals surface area (Å²) in [4.78, 5) is 60.3. The lowest BCUT2D eigenvalue weighted by Crippen LogP contribution is -2.53. The number of aromatic nitrogens is 4. The van der Waals surface area contributed by atoms with Crippen LogP contribution < -0.4 is 15.5 Å². The van der Waals surface area contributed by atoms with Crippen LogP contribution in [0.2, 0.25) is 0 Å². The molecule has 0 radical (unpaired) electrons. The fourth-order valence-corrected chi connectivity index (χ4v) is 8.82. The van der Waals surface area contributed by atoms with Gasteiger partial charge in [-0.25, -0.2) is 9.97 Å². The average molecular weight is 733 g/mol. The van der Waals surface area contributed by atoms with Crippen LogP contribution in [0.3, 0.4) is 0 Å². The minimum atomic E-state index is -0.224. The van der Waals surface area contributed by atoms with Gasteiger partial charge in [0, 0.05) is 76.9 Å². The van der Waals surface area contributed by atoms with Crippen LogP contribution in [0.1, 0.15) is 84.9 Å². The minimum absolute atomic E-state index is 0.0147. The number of carbonyl (C=O) groups is 3. The molecule has 3 aromatic heterocycles. The highest BCUT2D eigenvalue weighted by Crippen LogP contribution is 2.35. The van der Waals surface area contributed by atoms with Gasteiger partial charge in [-0.05, 0) is 80.9 Å². The van der Waals surface area contributed by atoms with E-state index in [1.807, 2.05) is 18.3 Å². The number of piperidine rings is 2. The molecule has 1 aromatic carbocycles. The maximum Gasteiger partial charge on any atom is 0.270 e. The van der Waals surface area contributed by atoms with Crippen LogP contribution in [0.15, 0.2) is 54.9 Å². The molecule has 4 fully saturated rings. The zero-order chi connectivity index (χ0) is 37.2. The number of hydrogen-bond acceptors (Lipinski definition) is 10. The van der Waals surface area contributed by atoms with Crippen molar-refractivity contribution in [3.63, 3.8) is 0 Å². The van der Waals surface area contributed by atoms with Gasteiger partial charge in [-0.1, -0.05) is 37.1 Å². The fraction of sp³-hybridized carbons (Fsp3) is 0.512. The highest BCUT2D eigenvalue weighted by atomic mass is 16.2. The van der Waals surface area contributed by atoms with Crippen molar-refractivity contribution in [3.8, 4) is 0 Å². The molecule has 6 heterocycles. The van der Waals surface area contributed by atoms with E-state index in [1.54, 1.807) is 25.2 Å². The molecule has 3 aliphatic heterocycles. The summed E-state index contributed by atoms with van der Waals surface area (Å²) in [5.74, 6) is 0.582. The third kappa shape index (κ3) is 7.83. The maximum absolute atomic E-state index is 13.1. The molecular formula is C41H52N10O3. The number of amides is 3. The number of carbonyl (C=O) groups excluding carboxylic acids is 3. The SMILES string of the molecule is CN(C)C(=O)c1cc2cnc(Nc3ccc(N4CCN(C5CCN(CCc6ccc([C@H]7CCC(=O)NC7=O)cc6)CC5)CC4)cn3)nc2n1C1CCCC1. The van der Waals surface area contributed by atoms with Crippen molar-refractivity contribution in [2.45, 2.75) is 75.8 Å². The second-order valence-corrected chi connectivity index (χ2v) is 15.6. The standard InChI is InChI=1S/C41H52N10O3/c1-47(2)40(54)35-25-30-26-43-41(46-38(30)51(35)32-5-3-4-6-32)44-36-13-11-33(27-42-36)50-23-21-49(22-24-50)31-16-19-48(20-17-31)18-15-28-7-9-29(10-8-28)34-12-14-37(52)45-39(34)53/h7-11,13,25-27,31-32,34H,3-6,12,14-24H2,1-2H3,(H,45,52,53)(H,42,43,44,46)/t34-/m1/s1. The van der Waals surface area contributed by atoms with Crippen molar-refractivity contribution >= 4 is 46.2 Å². The van der Waals surface area contributed by atoms with Gasteiger partial charge in [0.15, 0.2) is 0 Å².